The van der Waals surface area contributed by atoms with Crippen LogP contribution in [0.25, 0.3) is 0 Å². The van der Waals surface area contributed by atoms with Gasteiger partial charge in [0.25, 0.3) is 0 Å². The number of thiazole rings is 1. The Kier molecular flexibility index (Phi) is 5.71. The number of nitrogens with zero attached hydrogens (tertiary/aromatic N) is 1. The first kappa shape index (κ1) is 15.5. The van der Waals surface area contributed by atoms with Crippen molar-refractivity contribution in [3.8, 4) is 0 Å². The second-order valence-electron chi connectivity index (χ2n) is 4.29. The third kappa shape index (κ3) is 5.53. The summed E-state index contributed by atoms with van der Waals surface area (Å²) >= 11 is 7.12. The first-order valence-electron chi connectivity index (χ1n) is 6.34. The third-order valence-corrected chi connectivity index (χ3v) is 3.60. The first-order valence-corrected chi connectivity index (χ1v) is 7.60. The molecule has 2 amide bonds. The highest BCUT2D eigenvalue weighted by Crippen LogP contribution is 2.11. The Balaban J connectivity index is 1.67. The molecule has 0 bridgehead atoms. The summed E-state index contributed by atoms with van der Waals surface area (Å²) in [6, 6.07) is 7.23. The van der Waals surface area contributed by atoms with Crippen molar-refractivity contribution in [3.63, 3.8) is 0 Å². The van der Waals surface area contributed by atoms with Crippen LogP contribution in [0.3, 0.4) is 0 Å². The molecule has 0 aliphatic heterocycles. The molecular formula is C14H14ClN3O2S. The summed E-state index contributed by atoms with van der Waals surface area (Å²) in [4.78, 5) is 27.2. The fourth-order valence-electron chi connectivity index (χ4n) is 1.59. The summed E-state index contributed by atoms with van der Waals surface area (Å²) in [6.07, 6.45) is 1.88. The molecule has 2 N–H and O–H groups in total. The second-order valence-corrected chi connectivity index (χ2v) is 5.62. The maximum atomic E-state index is 11.7. The fourth-order valence-corrected chi connectivity index (χ4v) is 2.26. The Hall–Kier alpha value is -1.92. The zero-order valence-corrected chi connectivity index (χ0v) is 12.7. The van der Waals surface area contributed by atoms with Crippen molar-refractivity contribution in [1.29, 1.82) is 0 Å². The largest absolute Gasteiger partial charge is 0.352 e. The van der Waals surface area contributed by atoms with Crippen LogP contribution in [0.5, 0.6) is 0 Å². The van der Waals surface area contributed by atoms with Crippen molar-refractivity contribution >= 4 is 39.9 Å². The maximum absolute atomic E-state index is 11.7. The van der Waals surface area contributed by atoms with Crippen molar-refractivity contribution in [3.05, 3.63) is 46.4 Å². The SMILES string of the molecule is O=C(CCC(=O)Nc1nccs1)NCc1ccc(Cl)cc1. The maximum Gasteiger partial charge on any atom is 0.226 e. The minimum absolute atomic E-state index is 0.131. The summed E-state index contributed by atoms with van der Waals surface area (Å²) in [5.41, 5.74) is 0.958. The molecule has 21 heavy (non-hydrogen) atoms. The number of aromatic nitrogens is 1. The number of carbonyl (C=O) groups is 2. The van der Waals surface area contributed by atoms with E-state index in [0.29, 0.717) is 16.7 Å². The molecule has 5 nitrogen and oxygen atoms in total. The van der Waals surface area contributed by atoms with Gasteiger partial charge in [0.1, 0.15) is 0 Å². The number of nitrogens with one attached hydrogen (secondary N) is 2. The lowest BCUT2D eigenvalue weighted by molar-refractivity contribution is -0.124. The lowest BCUT2D eigenvalue weighted by atomic mass is 10.2. The van der Waals surface area contributed by atoms with Crippen molar-refractivity contribution in [2.75, 3.05) is 5.32 Å². The van der Waals surface area contributed by atoms with Crippen LogP contribution in [0.4, 0.5) is 5.13 Å². The van der Waals surface area contributed by atoms with Gasteiger partial charge in [0.15, 0.2) is 5.13 Å². The molecule has 0 saturated heterocycles. The molecule has 0 saturated carbocycles. The molecule has 1 aromatic carbocycles. The number of carbonyl (C=O) groups excluding carboxylic acids is 2. The summed E-state index contributed by atoms with van der Waals surface area (Å²) in [7, 11) is 0. The first-order chi connectivity index (χ1) is 10.1. The van der Waals surface area contributed by atoms with Crippen molar-refractivity contribution in [1.82, 2.24) is 10.3 Å². The zero-order chi connectivity index (χ0) is 15.1. The van der Waals surface area contributed by atoms with Gasteiger partial charge in [0.2, 0.25) is 11.8 Å². The Morgan fingerprint density at radius 3 is 2.52 bits per heavy atom. The number of benzene rings is 1. The summed E-state index contributed by atoms with van der Waals surface area (Å²) in [5.74, 6) is -0.383. The van der Waals surface area contributed by atoms with Gasteiger partial charge in [-0.05, 0) is 17.7 Å². The predicted molar refractivity (Wildman–Crippen MR) is 83.3 cm³/mol. The quantitative estimate of drug-likeness (QED) is 0.858. The molecule has 0 atom stereocenters. The van der Waals surface area contributed by atoms with E-state index in [1.54, 1.807) is 23.7 Å². The highest BCUT2D eigenvalue weighted by Gasteiger charge is 2.08. The van der Waals surface area contributed by atoms with Gasteiger partial charge in [-0.25, -0.2) is 4.98 Å². The van der Waals surface area contributed by atoms with Crippen LogP contribution in [0.2, 0.25) is 5.02 Å². The van der Waals surface area contributed by atoms with E-state index in [1.165, 1.54) is 11.3 Å². The minimum Gasteiger partial charge on any atom is -0.352 e. The van der Waals surface area contributed by atoms with E-state index >= 15 is 0 Å². The van der Waals surface area contributed by atoms with Crippen LogP contribution in [-0.4, -0.2) is 16.8 Å². The molecule has 0 aliphatic carbocycles. The molecule has 0 unspecified atom stereocenters. The van der Waals surface area contributed by atoms with Crippen molar-refractivity contribution < 1.29 is 9.59 Å². The molecule has 0 radical (unpaired) electrons. The fraction of sp³-hybridized carbons (Fsp3) is 0.214. The van der Waals surface area contributed by atoms with Crippen LogP contribution < -0.4 is 10.6 Å². The normalized spacial score (nSPS) is 10.1. The van der Waals surface area contributed by atoms with Crippen LogP contribution in [0.15, 0.2) is 35.8 Å². The van der Waals surface area contributed by atoms with E-state index in [2.05, 4.69) is 15.6 Å². The van der Waals surface area contributed by atoms with Crippen LogP contribution in [0, 0.1) is 0 Å². The molecule has 1 aromatic heterocycles. The molecule has 1 heterocycles. The van der Waals surface area contributed by atoms with Gasteiger partial charge in [-0.3, -0.25) is 9.59 Å². The van der Waals surface area contributed by atoms with E-state index in [-0.39, 0.29) is 24.7 Å². The van der Waals surface area contributed by atoms with E-state index in [9.17, 15) is 9.59 Å². The summed E-state index contributed by atoms with van der Waals surface area (Å²) in [6.45, 7) is 0.421. The smallest absolute Gasteiger partial charge is 0.226 e. The molecule has 0 spiro atoms. The number of rotatable bonds is 6. The monoisotopic (exact) mass is 323 g/mol. The number of hydrogen-bond donors (Lipinski definition) is 2. The van der Waals surface area contributed by atoms with Crippen LogP contribution in [-0.2, 0) is 16.1 Å². The van der Waals surface area contributed by atoms with Crippen LogP contribution >= 0.6 is 22.9 Å². The average molecular weight is 324 g/mol. The third-order valence-electron chi connectivity index (χ3n) is 2.66. The molecular weight excluding hydrogens is 310 g/mol. The molecule has 0 aliphatic rings. The van der Waals surface area contributed by atoms with E-state index in [1.807, 2.05) is 12.1 Å². The van der Waals surface area contributed by atoms with Gasteiger partial charge in [0, 0.05) is 36.0 Å². The predicted octanol–water partition coefficient (Wildman–Crippen LogP) is 2.83. The number of halogens is 1. The van der Waals surface area contributed by atoms with Gasteiger partial charge in [-0.2, -0.15) is 0 Å². The van der Waals surface area contributed by atoms with E-state index < -0.39 is 0 Å². The van der Waals surface area contributed by atoms with Gasteiger partial charge >= 0.3 is 0 Å². The molecule has 2 aromatic rings. The Morgan fingerprint density at radius 2 is 1.86 bits per heavy atom. The number of amides is 2. The molecule has 2 rings (SSSR count). The summed E-state index contributed by atoms with van der Waals surface area (Å²) in [5, 5.41) is 8.36. The average Bonchev–Trinajstić information content (AvgIpc) is 2.97. The lowest BCUT2D eigenvalue weighted by Crippen LogP contribution is -2.24. The molecule has 0 fully saturated rings. The Labute approximate surface area is 131 Å². The zero-order valence-electron chi connectivity index (χ0n) is 11.1. The molecule has 7 heteroatoms. The Morgan fingerprint density at radius 1 is 1.14 bits per heavy atom. The van der Waals surface area contributed by atoms with Gasteiger partial charge < -0.3 is 10.6 Å². The Bertz CT molecular complexity index is 599. The van der Waals surface area contributed by atoms with Crippen LogP contribution in [0.1, 0.15) is 18.4 Å². The number of hydrogen-bond acceptors (Lipinski definition) is 4. The minimum atomic E-state index is -0.216. The highest BCUT2D eigenvalue weighted by molar-refractivity contribution is 7.13. The molecule has 110 valence electrons. The highest BCUT2D eigenvalue weighted by atomic mass is 35.5. The topological polar surface area (TPSA) is 71.1 Å². The van der Waals surface area contributed by atoms with Gasteiger partial charge in [-0.1, -0.05) is 23.7 Å². The van der Waals surface area contributed by atoms with Crippen molar-refractivity contribution in [2.45, 2.75) is 19.4 Å². The van der Waals surface area contributed by atoms with E-state index in [4.69, 9.17) is 11.6 Å². The van der Waals surface area contributed by atoms with E-state index in [0.717, 1.165) is 5.56 Å². The van der Waals surface area contributed by atoms with Gasteiger partial charge in [0.05, 0.1) is 0 Å². The summed E-state index contributed by atoms with van der Waals surface area (Å²) < 4.78 is 0. The standard InChI is InChI=1S/C14H14ClN3O2S/c15-11-3-1-10(2-4-11)9-17-12(19)5-6-13(20)18-14-16-7-8-21-14/h1-4,7-8H,5-6,9H2,(H,17,19)(H,16,18,20). The second kappa shape index (κ2) is 7.75. The van der Waals surface area contributed by atoms with Crippen molar-refractivity contribution in [2.24, 2.45) is 0 Å². The van der Waals surface area contributed by atoms with Gasteiger partial charge in [-0.15, -0.1) is 11.3 Å². The number of anilines is 1. The lowest BCUT2D eigenvalue weighted by Gasteiger charge is -2.05.